The lowest BCUT2D eigenvalue weighted by molar-refractivity contribution is 0.200. The number of methoxy groups -OCH3 is 1. The molecule has 9 heteroatoms. The van der Waals surface area contributed by atoms with Crippen LogP contribution < -0.4 is 20.7 Å². The van der Waals surface area contributed by atoms with Gasteiger partial charge in [0.15, 0.2) is 11.6 Å². The van der Waals surface area contributed by atoms with Crippen molar-refractivity contribution in [3.05, 3.63) is 35.3 Å². The molecule has 0 atom stereocenters. The summed E-state index contributed by atoms with van der Waals surface area (Å²) < 4.78 is 19.2. The van der Waals surface area contributed by atoms with Crippen LogP contribution in [0.2, 0.25) is 0 Å². The van der Waals surface area contributed by atoms with Gasteiger partial charge in [0.05, 0.1) is 19.3 Å². The minimum atomic E-state index is -0.326. The zero-order chi connectivity index (χ0) is 22.9. The Kier molecular flexibility index (Phi) is 8.72. The second kappa shape index (κ2) is 11.7. The van der Waals surface area contributed by atoms with Crippen LogP contribution in [0.5, 0.6) is 5.75 Å². The van der Waals surface area contributed by atoms with E-state index in [0.29, 0.717) is 31.8 Å². The first kappa shape index (κ1) is 23.8. The lowest BCUT2D eigenvalue weighted by Gasteiger charge is -2.36. The molecular formula is C23H35FN6O2. The number of ether oxygens (including phenoxy) is 1. The van der Waals surface area contributed by atoms with Crippen LogP contribution in [-0.4, -0.2) is 88.6 Å². The number of urea groups is 1. The number of nitrogens with one attached hydrogen (secondary N) is 1. The highest BCUT2D eigenvalue weighted by molar-refractivity contribution is 5.83. The van der Waals surface area contributed by atoms with Crippen LogP contribution in [-0.2, 0) is 0 Å². The maximum atomic E-state index is 14.0. The Morgan fingerprint density at radius 3 is 2.75 bits per heavy atom. The zero-order valence-electron chi connectivity index (χ0n) is 19.1. The topological polar surface area (TPSA) is 86.4 Å². The molecule has 0 spiro atoms. The summed E-state index contributed by atoms with van der Waals surface area (Å²) in [5, 5.41) is 3.02. The number of unbranched alkanes of at least 4 members (excludes halogenated alkanes) is 1. The Morgan fingerprint density at radius 2 is 2.03 bits per heavy atom. The Morgan fingerprint density at radius 1 is 1.25 bits per heavy atom. The smallest absolute Gasteiger partial charge is 0.317 e. The summed E-state index contributed by atoms with van der Waals surface area (Å²) in [6, 6.07) is 5.01. The van der Waals surface area contributed by atoms with E-state index in [-0.39, 0.29) is 11.8 Å². The molecule has 32 heavy (non-hydrogen) atoms. The van der Waals surface area contributed by atoms with Gasteiger partial charge in [-0.25, -0.2) is 9.18 Å². The fraction of sp³-hybridized carbons (Fsp3) is 0.565. The number of benzene rings is 1. The molecule has 0 unspecified atom stereocenters. The molecule has 3 rings (SSSR count). The third-order valence-electron chi connectivity index (χ3n) is 6.04. The fourth-order valence-electron chi connectivity index (χ4n) is 4.18. The monoisotopic (exact) mass is 446 g/mol. The van der Waals surface area contributed by atoms with E-state index in [1.165, 1.54) is 13.2 Å². The number of piperazine rings is 1. The van der Waals surface area contributed by atoms with Gasteiger partial charge in [-0.2, -0.15) is 0 Å². The van der Waals surface area contributed by atoms with Crippen molar-refractivity contribution in [2.24, 2.45) is 10.7 Å². The number of hydrogen-bond acceptors (Lipinski definition) is 6. The van der Waals surface area contributed by atoms with Gasteiger partial charge in [-0.1, -0.05) is 6.07 Å². The van der Waals surface area contributed by atoms with E-state index in [1.807, 2.05) is 6.07 Å². The number of para-hydroxylation sites is 1. The van der Waals surface area contributed by atoms with Crippen LogP contribution in [0.3, 0.4) is 0 Å². The highest BCUT2D eigenvalue weighted by atomic mass is 19.1. The highest BCUT2D eigenvalue weighted by Gasteiger charge is 2.22. The summed E-state index contributed by atoms with van der Waals surface area (Å²) in [7, 11) is 3.21. The van der Waals surface area contributed by atoms with Gasteiger partial charge in [0.25, 0.3) is 0 Å². The molecule has 0 aliphatic carbocycles. The van der Waals surface area contributed by atoms with Crippen molar-refractivity contribution >= 4 is 17.9 Å². The number of nitrogens with two attached hydrogens (primary N) is 1. The van der Waals surface area contributed by atoms with Crippen LogP contribution in [0, 0.1) is 5.82 Å². The Labute approximate surface area is 189 Å². The van der Waals surface area contributed by atoms with Crippen molar-refractivity contribution in [3.8, 4) is 5.75 Å². The number of carbonyl (C=O) groups is 1. The van der Waals surface area contributed by atoms with E-state index >= 15 is 0 Å². The number of halogens is 1. The first-order valence-electron chi connectivity index (χ1n) is 11.3. The number of anilines is 1. The van der Waals surface area contributed by atoms with Crippen molar-refractivity contribution in [3.63, 3.8) is 0 Å². The van der Waals surface area contributed by atoms with Gasteiger partial charge >= 0.3 is 6.03 Å². The minimum Gasteiger partial charge on any atom is -0.492 e. The first-order chi connectivity index (χ1) is 15.5. The van der Waals surface area contributed by atoms with Gasteiger partial charge in [0.1, 0.15) is 0 Å². The molecule has 0 bridgehead atoms. The summed E-state index contributed by atoms with van der Waals surface area (Å²) >= 11 is 0. The largest absolute Gasteiger partial charge is 0.492 e. The molecule has 8 nitrogen and oxygen atoms in total. The van der Waals surface area contributed by atoms with Crippen LogP contribution in [0.1, 0.15) is 19.3 Å². The average Bonchev–Trinajstić information content (AvgIpc) is 2.80. The summed E-state index contributed by atoms with van der Waals surface area (Å²) in [4.78, 5) is 22.8. The molecule has 1 aromatic carbocycles. The van der Waals surface area contributed by atoms with Crippen molar-refractivity contribution in [2.75, 3.05) is 71.4 Å². The van der Waals surface area contributed by atoms with Crippen molar-refractivity contribution < 1.29 is 13.9 Å². The van der Waals surface area contributed by atoms with Crippen LogP contribution in [0.25, 0.3) is 0 Å². The summed E-state index contributed by atoms with van der Waals surface area (Å²) in [5.74, 6) is -0.00841. The predicted octanol–water partition coefficient (Wildman–Crippen LogP) is 2.07. The SMILES string of the molecule is CN=CC1=C(N)CCN(C(=O)NCCCCN2CCN(c3cccc(F)c3OC)CC2)C1. The van der Waals surface area contributed by atoms with E-state index < -0.39 is 0 Å². The lowest BCUT2D eigenvalue weighted by atomic mass is 10.1. The summed E-state index contributed by atoms with van der Waals surface area (Å²) in [6.45, 7) is 6.33. The van der Waals surface area contributed by atoms with Gasteiger partial charge in [-0.3, -0.25) is 9.89 Å². The van der Waals surface area contributed by atoms with Crippen LogP contribution >= 0.6 is 0 Å². The van der Waals surface area contributed by atoms with Crippen molar-refractivity contribution in [1.29, 1.82) is 0 Å². The van der Waals surface area contributed by atoms with Gasteiger partial charge in [-0.15, -0.1) is 0 Å². The minimum absolute atomic E-state index is 0.0443. The molecule has 0 aromatic heterocycles. The number of carbonyl (C=O) groups excluding carboxylic acids is 1. The molecule has 1 fully saturated rings. The molecule has 2 heterocycles. The van der Waals surface area contributed by atoms with E-state index in [9.17, 15) is 9.18 Å². The van der Waals surface area contributed by atoms with Crippen molar-refractivity contribution in [1.82, 2.24) is 15.1 Å². The molecule has 0 radical (unpaired) electrons. The number of hydrogen-bond donors (Lipinski definition) is 2. The average molecular weight is 447 g/mol. The fourth-order valence-corrected chi connectivity index (χ4v) is 4.18. The van der Waals surface area contributed by atoms with Gasteiger partial charge in [0, 0.05) is 70.2 Å². The normalized spacial score (nSPS) is 17.8. The van der Waals surface area contributed by atoms with E-state index in [1.54, 1.807) is 24.2 Å². The number of rotatable bonds is 8. The molecular weight excluding hydrogens is 411 g/mol. The second-order valence-electron chi connectivity index (χ2n) is 8.17. The third kappa shape index (κ3) is 6.12. The van der Waals surface area contributed by atoms with E-state index in [2.05, 4.69) is 20.1 Å². The summed E-state index contributed by atoms with van der Waals surface area (Å²) in [6.07, 6.45) is 4.37. The van der Waals surface area contributed by atoms with E-state index in [0.717, 1.165) is 62.5 Å². The predicted molar refractivity (Wildman–Crippen MR) is 126 cm³/mol. The molecule has 2 amide bonds. The Hall–Kier alpha value is -2.81. The molecule has 2 aliphatic rings. The van der Waals surface area contributed by atoms with E-state index in [4.69, 9.17) is 10.5 Å². The van der Waals surface area contributed by atoms with Crippen LogP contribution in [0.15, 0.2) is 34.5 Å². The maximum absolute atomic E-state index is 14.0. The van der Waals surface area contributed by atoms with Crippen LogP contribution in [0.4, 0.5) is 14.9 Å². The van der Waals surface area contributed by atoms with Gasteiger partial charge in [0.2, 0.25) is 0 Å². The van der Waals surface area contributed by atoms with Gasteiger partial charge < -0.3 is 25.6 Å². The maximum Gasteiger partial charge on any atom is 0.317 e. The standard InChI is InChI=1S/C23H35FN6O2/c1-26-16-18-17-30(11-8-20(18)25)23(31)27-9-3-4-10-28-12-14-29(15-13-28)21-7-5-6-19(24)22(21)32-2/h5-7,16H,3-4,8-15,17,25H2,1-2H3,(H,27,31). The first-order valence-corrected chi connectivity index (χ1v) is 11.3. The van der Waals surface area contributed by atoms with Crippen molar-refractivity contribution in [2.45, 2.75) is 19.3 Å². The third-order valence-corrected chi connectivity index (χ3v) is 6.04. The zero-order valence-corrected chi connectivity index (χ0v) is 19.1. The molecule has 3 N–H and O–H groups in total. The highest BCUT2D eigenvalue weighted by Crippen LogP contribution is 2.31. The second-order valence-corrected chi connectivity index (χ2v) is 8.17. The molecule has 1 aromatic rings. The number of nitrogens with zero attached hydrogens (tertiary/aromatic N) is 4. The molecule has 176 valence electrons. The lowest BCUT2D eigenvalue weighted by Crippen LogP contribution is -2.47. The Balaban J connectivity index is 1.33. The summed E-state index contributed by atoms with van der Waals surface area (Å²) in [5.41, 5.74) is 8.55. The van der Waals surface area contributed by atoms with Gasteiger partial charge in [-0.05, 0) is 31.5 Å². The molecule has 2 aliphatic heterocycles. The number of amides is 2. The number of aliphatic imine (C=N–C) groups is 1. The Bertz CT molecular complexity index is 836. The molecule has 0 saturated carbocycles. The quantitative estimate of drug-likeness (QED) is 0.472. The molecule has 1 saturated heterocycles.